The predicted octanol–water partition coefficient (Wildman–Crippen LogP) is 4.94. The van der Waals surface area contributed by atoms with Crippen LogP contribution in [0.3, 0.4) is 0 Å². The molecular formula is C18H12ClNO4. The Labute approximate surface area is 141 Å². The summed E-state index contributed by atoms with van der Waals surface area (Å²) >= 11 is 5.91. The molecule has 0 atom stereocenters. The zero-order chi connectivity index (χ0) is 16.7. The van der Waals surface area contributed by atoms with Crippen molar-refractivity contribution < 1.29 is 13.6 Å². The lowest BCUT2D eigenvalue weighted by molar-refractivity contribution is 0.423. The lowest BCUT2D eigenvalue weighted by atomic mass is 10.1. The Balaban J connectivity index is 1.99. The van der Waals surface area contributed by atoms with E-state index in [4.69, 9.17) is 25.2 Å². The maximum Gasteiger partial charge on any atom is 0.338 e. The monoisotopic (exact) mass is 341 g/mol. The van der Waals surface area contributed by atoms with E-state index in [-0.39, 0.29) is 0 Å². The normalized spacial score (nSPS) is 11.1. The third kappa shape index (κ3) is 2.39. The van der Waals surface area contributed by atoms with Crippen LogP contribution in [0.25, 0.3) is 21.9 Å². The van der Waals surface area contributed by atoms with Crippen LogP contribution in [0, 0.1) is 0 Å². The molecule has 5 nitrogen and oxygen atoms in total. The molecule has 2 heterocycles. The topological polar surface area (TPSA) is 64.6 Å². The number of halogens is 1. The molecule has 2 aromatic carbocycles. The third-order valence-corrected chi connectivity index (χ3v) is 4.00. The van der Waals surface area contributed by atoms with Crippen molar-refractivity contribution in [1.29, 1.82) is 0 Å². The first-order valence-corrected chi connectivity index (χ1v) is 7.58. The maximum absolute atomic E-state index is 11.9. The fourth-order valence-electron chi connectivity index (χ4n) is 2.72. The molecule has 24 heavy (non-hydrogen) atoms. The van der Waals surface area contributed by atoms with Gasteiger partial charge in [0.2, 0.25) is 0 Å². The molecule has 0 spiro atoms. The fraction of sp³-hybridized carbons (Fsp3) is 0.0556. The van der Waals surface area contributed by atoms with Gasteiger partial charge in [0.15, 0.2) is 0 Å². The molecule has 2 aromatic heterocycles. The second kappa shape index (κ2) is 5.62. The van der Waals surface area contributed by atoms with Gasteiger partial charge in [0.1, 0.15) is 16.9 Å². The first-order valence-electron chi connectivity index (χ1n) is 7.20. The zero-order valence-electron chi connectivity index (χ0n) is 12.6. The van der Waals surface area contributed by atoms with Gasteiger partial charge in [0.05, 0.1) is 29.8 Å². The highest BCUT2D eigenvalue weighted by Gasteiger charge is 2.17. The minimum Gasteiger partial charge on any atom is -0.495 e. The lowest BCUT2D eigenvalue weighted by Crippen LogP contribution is -2.02. The number of fused-ring (bicyclic) bond motifs is 2. The van der Waals surface area contributed by atoms with Crippen molar-refractivity contribution in [2.45, 2.75) is 0 Å². The molecule has 6 heteroatoms. The van der Waals surface area contributed by atoms with Gasteiger partial charge in [-0.3, -0.25) is 0 Å². The Morgan fingerprint density at radius 2 is 1.88 bits per heavy atom. The number of nitrogens with one attached hydrogen (secondary N) is 1. The molecular weight excluding hydrogens is 330 g/mol. The number of hydrogen-bond acceptors (Lipinski definition) is 5. The molecule has 120 valence electrons. The second-order valence-corrected chi connectivity index (χ2v) is 5.66. The molecule has 0 unspecified atom stereocenters. The van der Waals surface area contributed by atoms with Crippen LogP contribution < -0.4 is 15.7 Å². The molecule has 0 amide bonds. The van der Waals surface area contributed by atoms with Crippen molar-refractivity contribution >= 4 is 44.9 Å². The van der Waals surface area contributed by atoms with Crippen molar-refractivity contribution in [3.05, 3.63) is 64.2 Å². The van der Waals surface area contributed by atoms with Gasteiger partial charge in [-0.1, -0.05) is 11.6 Å². The Morgan fingerprint density at radius 3 is 2.62 bits per heavy atom. The molecule has 0 saturated carbocycles. The van der Waals surface area contributed by atoms with Crippen LogP contribution >= 0.6 is 11.6 Å². The number of ether oxygens (including phenoxy) is 1. The van der Waals surface area contributed by atoms with Crippen LogP contribution in [0.1, 0.15) is 0 Å². The number of hydrogen-bond donors (Lipinski definition) is 1. The molecule has 0 radical (unpaired) electrons. The maximum atomic E-state index is 11.9. The van der Waals surface area contributed by atoms with Gasteiger partial charge in [-0.15, -0.1) is 0 Å². The van der Waals surface area contributed by atoms with Crippen molar-refractivity contribution in [3.8, 4) is 5.75 Å². The highest BCUT2D eigenvalue weighted by atomic mass is 35.5. The van der Waals surface area contributed by atoms with E-state index in [0.717, 1.165) is 11.1 Å². The minimum absolute atomic E-state index is 0.387. The van der Waals surface area contributed by atoms with E-state index >= 15 is 0 Å². The van der Waals surface area contributed by atoms with Gasteiger partial charge in [0.25, 0.3) is 0 Å². The first kappa shape index (κ1) is 14.7. The van der Waals surface area contributed by atoms with Crippen LogP contribution in [0.2, 0.25) is 5.02 Å². The minimum atomic E-state index is -0.466. The average Bonchev–Trinajstić information content (AvgIpc) is 3.02. The summed E-state index contributed by atoms with van der Waals surface area (Å²) in [5, 5.41) is 5.32. The van der Waals surface area contributed by atoms with E-state index in [1.807, 2.05) is 18.2 Å². The molecule has 1 N–H and O–H groups in total. The van der Waals surface area contributed by atoms with Gasteiger partial charge in [-0.2, -0.15) is 0 Å². The van der Waals surface area contributed by atoms with Gasteiger partial charge in [-0.05, 0) is 30.3 Å². The molecule has 0 aliphatic heterocycles. The summed E-state index contributed by atoms with van der Waals surface area (Å²) in [6.45, 7) is 0. The van der Waals surface area contributed by atoms with E-state index in [1.165, 1.54) is 6.07 Å². The molecule has 0 aliphatic rings. The molecule has 4 aromatic rings. The number of methoxy groups -OCH3 is 1. The molecule has 0 fully saturated rings. The Morgan fingerprint density at radius 1 is 1.08 bits per heavy atom. The highest BCUT2D eigenvalue weighted by molar-refractivity contribution is 6.30. The van der Waals surface area contributed by atoms with E-state index in [1.54, 1.807) is 31.6 Å². The number of furan rings is 1. The summed E-state index contributed by atoms with van der Waals surface area (Å²) in [5.41, 5.74) is 1.89. The predicted molar refractivity (Wildman–Crippen MR) is 93.5 cm³/mol. The Bertz CT molecular complexity index is 1100. The molecule has 0 saturated heterocycles. The van der Waals surface area contributed by atoms with Crippen molar-refractivity contribution in [3.63, 3.8) is 0 Å². The third-order valence-electron chi connectivity index (χ3n) is 3.74. The SMILES string of the molecule is COc1c2ccoc2cc2oc(=O)cc(Nc3ccc(Cl)cc3)c12. The lowest BCUT2D eigenvalue weighted by Gasteiger charge is -2.12. The quantitative estimate of drug-likeness (QED) is 0.534. The average molecular weight is 342 g/mol. The molecule has 4 rings (SSSR count). The van der Waals surface area contributed by atoms with Gasteiger partial charge >= 0.3 is 5.63 Å². The van der Waals surface area contributed by atoms with Crippen LogP contribution in [-0.4, -0.2) is 7.11 Å². The van der Waals surface area contributed by atoms with Crippen LogP contribution in [0.4, 0.5) is 11.4 Å². The number of anilines is 2. The number of rotatable bonds is 3. The number of benzene rings is 2. The smallest absolute Gasteiger partial charge is 0.338 e. The second-order valence-electron chi connectivity index (χ2n) is 5.23. The van der Waals surface area contributed by atoms with Crippen LogP contribution in [0.15, 0.2) is 62.4 Å². The summed E-state index contributed by atoms with van der Waals surface area (Å²) < 4.78 is 16.3. The van der Waals surface area contributed by atoms with Crippen molar-refractivity contribution in [2.75, 3.05) is 12.4 Å². The standard InChI is InChI=1S/C18H12ClNO4/c1-22-18-12-6-7-23-14(12)9-15-17(18)13(8-16(21)24-15)20-11-4-2-10(19)3-5-11/h2-9,20H,1H3. The largest absolute Gasteiger partial charge is 0.495 e. The van der Waals surface area contributed by atoms with Gasteiger partial charge < -0.3 is 18.9 Å². The molecule has 0 aliphatic carbocycles. The van der Waals surface area contributed by atoms with Crippen LogP contribution in [0.5, 0.6) is 5.75 Å². The summed E-state index contributed by atoms with van der Waals surface area (Å²) in [5.74, 6) is 0.580. The Kier molecular flexibility index (Phi) is 3.43. The van der Waals surface area contributed by atoms with Gasteiger partial charge in [-0.25, -0.2) is 4.79 Å². The summed E-state index contributed by atoms with van der Waals surface area (Å²) in [4.78, 5) is 11.9. The van der Waals surface area contributed by atoms with Crippen molar-refractivity contribution in [1.82, 2.24) is 0 Å². The van der Waals surface area contributed by atoms with E-state index in [9.17, 15) is 4.79 Å². The first-order chi connectivity index (χ1) is 11.7. The van der Waals surface area contributed by atoms with Gasteiger partial charge in [0, 0.05) is 22.8 Å². The van der Waals surface area contributed by atoms with Crippen LogP contribution in [-0.2, 0) is 0 Å². The van der Waals surface area contributed by atoms with E-state index in [0.29, 0.717) is 33.0 Å². The highest BCUT2D eigenvalue weighted by Crippen LogP contribution is 2.39. The van der Waals surface area contributed by atoms with E-state index in [2.05, 4.69) is 5.32 Å². The summed E-state index contributed by atoms with van der Waals surface area (Å²) in [6, 6.07) is 12.1. The fourth-order valence-corrected chi connectivity index (χ4v) is 2.85. The Hall–Kier alpha value is -2.92. The van der Waals surface area contributed by atoms with Crippen molar-refractivity contribution in [2.24, 2.45) is 0 Å². The van der Waals surface area contributed by atoms with E-state index < -0.39 is 5.63 Å². The summed E-state index contributed by atoms with van der Waals surface area (Å²) in [6.07, 6.45) is 1.57. The molecule has 0 bridgehead atoms. The summed E-state index contributed by atoms with van der Waals surface area (Å²) in [7, 11) is 1.57. The zero-order valence-corrected chi connectivity index (χ0v) is 13.4.